The molecule has 0 aromatic heterocycles. The zero-order valence-corrected chi connectivity index (χ0v) is 9.13. The minimum Gasteiger partial charge on any atom is -0.493 e. The first-order valence-electron chi connectivity index (χ1n) is 5.39. The van der Waals surface area contributed by atoms with Crippen LogP contribution in [0.3, 0.4) is 0 Å². The van der Waals surface area contributed by atoms with E-state index in [1.54, 1.807) is 6.07 Å². The van der Waals surface area contributed by atoms with Crippen LogP contribution < -0.4 is 10.5 Å². The van der Waals surface area contributed by atoms with E-state index in [0.717, 1.165) is 24.2 Å². The van der Waals surface area contributed by atoms with Crippen molar-refractivity contribution < 1.29 is 9.13 Å². The molecule has 0 aliphatic rings. The van der Waals surface area contributed by atoms with Gasteiger partial charge in [0.1, 0.15) is 11.6 Å². The first-order valence-corrected chi connectivity index (χ1v) is 5.39. The molecule has 0 bridgehead atoms. The molecule has 0 radical (unpaired) electrons. The van der Waals surface area contributed by atoms with Gasteiger partial charge in [-0.2, -0.15) is 0 Å². The van der Waals surface area contributed by atoms with Crippen molar-refractivity contribution in [3.05, 3.63) is 29.6 Å². The molecule has 1 aromatic carbocycles. The third-order valence-electron chi connectivity index (χ3n) is 2.19. The van der Waals surface area contributed by atoms with Crippen molar-refractivity contribution in [3.63, 3.8) is 0 Å². The van der Waals surface area contributed by atoms with Crippen molar-refractivity contribution in [2.45, 2.75) is 26.2 Å². The van der Waals surface area contributed by atoms with E-state index < -0.39 is 0 Å². The van der Waals surface area contributed by atoms with E-state index in [0.29, 0.717) is 19.6 Å². The molecular formula is C12H18FNO. The Morgan fingerprint density at radius 3 is 2.87 bits per heavy atom. The molecule has 0 aliphatic carbocycles. The Morgan fingerprint density at radius 1 is 1.40 bits per heavy atom. The van der Waals surface area contributed by atoms with Crippen LogP contribution in [-0.2, 0) is 6.42 Å². The van der Waals surface area contributed by atoms with Crippen LogP contribution in [0.4, 0.5) is 4.39 Å². The van der Waals surface area contributed by atoms with Crippen LogP contribution in [0.2, 0.25) is 0 Å². The zero-order valence-electron chi connectivity index (χ0n) is 9.13. The Morgan fingerprint density at radius 2 is 2.20 bits per heavy atom. The normalized spacial score (nSPS) is 10.3. The Kier molecular flexibility index (Phi) is 5.12. The fraction of sp³-hybridized carbons (Fsp3) is 0.500. The number of unbranched alkanes of at least 4 members (excludes halogenated alkanes) is 1. The first-order chi connectivity index (χ1) is 7.27. The molecule has 1 rings (SSSR count). The molecule has 15 heavy (non-hydrogen) atoms. The molecule has 0 saturated carbocycles. The zero-order chi connectivity index (χ0) is 11.1. The van der Waals surface area contributed by atoms with Crippen molar-refractivity contribution in [2.24, 2.45) is 5.73 Å². The van der Waals surface area contributed by atoms with Gasteiger partial charge in [-0.15, -0.1) is 0 Å². The maximum absolute atomic E-state index is 13.0. The van der Waals surface area contributed by atoms with E-state index >= 15 is 0 Å². The van der Waals surface area contributed by atoms with Crippen molar-refractivity contribution in [3.8, 4) is 5.75 Å². The maximum Gasteiger partial charge on any atom is 0.123 e. The topological polar surface area (TPSA) is 35.2 Å². The van der Waals surface area contributed by atoms with Gasteiger partial charge in [-0.05, 0) is 43.1 Å². The average molecular weight is 211 g/mol. The summed E-state index contributed by atoms with van der Waals surface area (Å²) in [5, 5.41) is 0. The van der Waals surface area contributed by atoms with E-state index in [9.17, 15) is 4.39 Å². The van der Waals surface area contributed by atoms with Crippen LogP contribution in [0.25, 0.3) is 0 Å². The lowest BCUT2D eigenvalue weighted by Crippen LogP contribution is -2.06. The van der Waals surface area contributed by atoms with E-state index in [1.165, 1.54) is 12.1 Å². The quantitative estimate of drug-likeness (QED) is 0.734. The molecule has 2 N–H and O–H groups in total. The van der Waals surface area contributed by atoms with Gasteiger partial charge in [-0.25, -0.2) is 4.39 Å². The largest absolute Gasteiger partial charge is 0.493 e. The number of benzene rings is 1. The number of nitrogens with two attached hydrogens (primary N) is 1. The Labute approximate surface area is 90.2 Å². The van der Waals surface area contributed by atoms with Crippen LogP contribution in [0.5, 0.6) is 5.75 Å². The molecular weight excluding hydrogens is 193 g/mol. The number of hydrogen-bond acceptors (Lipinski definition) is 2. The van der Waals surface area contributed by atoms with E-state index in [4.69, 9.17) is 10.5 Å². The Hall–Kier alpha value is -1.09. The van der Waals surface area contributed by atoms with Crippen LogP contribution >= 0.6 is 0 Å². The molecule has 0 heterocycles. The Bertz CT molecular complexity index is 302. The summed E-state index contributed by atoms with van der Waals surface area (Å²) < 4.78 is 18.5. The molecule has 0 amide bonds. The van der Waals surface area contributed by atoms with Gasteiger partial charge in [0.05, 0.1) is 6.61 Å². The fourth-order valence-electron chi connectivity index (χ4n) is 1.37. The van der Waals surface area contributed by atoms with Gasteiger partial charge in [0.2, 0.25) is 0 Å². The van der Waals surface area contributed by atoms with Crippen LogP contribution in [0.1, 0.15) is 25.3 Å². The summed E-state index contributed by atoms with van der Waals surface area (Å²) in [7, 11) is 0. The minimum atomic E-state index is -0.235. The molecule has 0 aliphatic heterocycles. The third-order valence-corrected chi connectivity index (χ3v) is 2.19. The molecule has 0 fully saturated rings. The standard InChI is InChI=1S/C12H18FNO/c1-2-3-8-15-12-5-4-11(13)9-10(12)6-7-14/h4-5,9H,2-3,6-8,14H2,1H3. The van der Waals surface area contributed by atoms with Crippen LogP contribution in [0.15, 0.2) is 18.2 Å². The Balaban J connectivity index is 2.67. The van der Waals surface area contributed by atoms with Crippen LogP contribution in [-0.4, -0.2) is 13.2 Å². The number of rotatable bonds is 6. The van der Waals surface area contributed by atoms with Crippen molar-refractivity contribution in [2.75, 3.05) is 13.2 Å². The average Bonchev–Trinajstić information content (AvgIpc) is 2.22. The lowest BCUT2D eigenvalue weighted by Gasteiger charge is -2.10. The van der Waals surface area contributed by atoms with Gasteiger partial charge in [0, 0.05) is 0 Å². The maximum atomic E-state index is 13.0. The van der Waals surface area contributed by atoms with Gasteiger partial charge in [-0.1, -0.05) is 13.3 Å². The van der Waals surface area contributed by atoms with Gasteiger partial charge in [0.15, 0.2) is 0 Å². The van der Waals surface area contributed by atoms with Gasteiger partial charge < -0.3 is 10.5 Å². The molecule has 0 unspecified atom stereocenters. The van der Waals surface area contributed by atoms with Crippen molar-refractivity contribution in [1.29, 1.82) is 0 Å². The van der Waals surface area contributed by atoms with Crippen molar-refractivity contribution in [1.82, 2.24) is 0 Å². The van der Waals surface area contributed by atoms with E-state index in [2.05, 4.69) is 6.92 Å². The molecule has 1 aromatic rings. The number of ether oxygens (including phenoxy) is 1. The number of hydrogen-bond donors (Lipinski definition) is 1. The van der Waals surface area contributed by atoms with Gasteiger partial charge in [0.25, 0.3) is 0 Å². The number of halogens is 1. The van der Waals surface area contributed by atoms with Gasteiger partial charge in [-0.3, -0.25) is 0 Å². The van der Waals surface area contributed by atoms with Gasteiger partial charge >= 0.3 is 0 Å². The predicted octanol–water partition coefficient (Wildman–Crippen LogP) is 2.51. The highest BCUT2D eigenvalue weighted by Gasteiger charge is 2.04. The highest BCUT2D eigenvalue weighted by Crippen LogP contribution is 2.20. The monoisotopic (exact) mass is 211 g/mol. The third kappa shape index (κ3) is 3.88. The molecule has 84 valence electrons. The fourth-order valence-corrected chi connectivity index (χ4v) is 1.37. The summed E-state index contributed by atoms with van der Waals surface area (Å²) in [5.41, 5.74) is 6.31. The molecule has 0 atom stereocenters. The molecule has 0 saturated heterocycles. The molecule has 3 heteroatoms. The summed E-state index contributed by atoms with van der Waals surface area (Å²) in [6.07, 6.45) is 2.76. The molecule has 2 nitrogen and oxygen atoms in total. The SMILES string of the molecule is CCCCOc1ccc(F)cc1CCN. The lowest BCUT2D eigenvalue weighted by molar-refractivity contribution is 0.306. The minimum absolute atomic E-state index is 0.235. The highest BCUT2D eigenvalue weighted by atomic mass is 19.1. The lowest BCUT2D eigenvalue weighted by atomic mass is 10.1. The summed E-state index contributed by atoms with van der Waals surface area (Å²) in [6, 6.07) is 4.59. The van der Waals surface area contributed by atoms with Crippen molar-refractivity contribution >= 4 is 0 Å². The smallest absolute Gasteiger partial charge is 0.123 e. The highest BCUT2D eigenvalue weighted by molar-refractivity contribution is 5.34. The van der Waals surface area contributed by atoms with Crippen LogP contribution in [0, 0.1) is 5.82 Å². The van der Waals surface area contributed by atoms with E-state index in [1.807, 2.05) is 0 Å². The molecule has 0 spiro atoms. The first kappa shape index (κ1) is 12.0. The second-order valence-corrected chi connectivity index (χ2v) is 3.49. The summed E-state index contributed by atoms with van der Waals surface area (Å²) >= 11 is 0. The summed E-state index contributed by atoms with van der Waals surface area (Å²) in [4.78, 5) is 0. The second kappa shape index (κ2) is 6.40. The predicted molar refractivity (Wildman–Crippen MR) is 59.6 cm³/mol. The summed E-state index contributed by atoms with van der Waals surface area (Å²) in [5.74, 6) is 0.525. The van der Waals surface area contributed by atoms with E-state index in [-0.39, 0.29) is 5.82 Å². The second-order valence-electron chi connectivity index (χ2n) is 3.49. The summed E-state index contributed by atoms with van der Waals surface area (Å²) in [6.45, 7) is 3.29.